The van der Waals surface area contributed by atoms with Crippen molar-refractivity contribution in [1.82, 2.24) is 15.1 Å². The maximum atomic E-state index is 12.3. The molecular formula is C15H16N4O2. The van der Waals surface area contributed by atoms with E-state index in [0.717, 1.165) is 11.3 Å². The normalized spacial score (nSPS) is 15.4. The number of H-pyrrole nitrogens is 1. The van der Waals surface area contributed by atoms with Gasteiger partial charge in [0, 0.05) is 25.0 Å². The standard InChI is InChI=1S/C15H16N4O2/c1-11-2-4-12(5-3-11)19-9-8-18(10-14(19)20)15(21)13-6-7-16-17-13/h2-7H,8-10H2,1H3,(H,16,17). The number of carbonyl (C=O) groups excluding carboxylic acids is 2. The number of aromatic amines is 1. The van der Waals surface area contributed by atoms with Gasteiger partial charge in [0.15, 0.2) is 0 Å². The molecule has 108 valence electrons. The summed E-state index contributed by atoms with van der Waals surface area (Å²) in [6.07, 6.45) is 1.53. The summed E-state index contributed by atoms with van der Waals surface area (Å²) in [5, 5.41) is 6.39. The highest BCUT2D eigenvalue weighted by atomic mass is 16.2. The molecule has 0 spiro atoms. The summed E-state index contributed by atoms with van der Waals surface area (Å²) < 4.78 is 0. The Morgan fingerprint density at radius 3 is 2.57 bits per heavy atom. The number of hydrogen-bond acceptors (Lipinski definition) is 3. The lowest BCUT2D eigenvalue weighted by Gasteiger charge is -2.34. The number of aromatic nitrogens is 2. The van der Waals surface area contributed by atoms with Crippen LogP contribution in [0.25, 0.3) is 0 Å². The number of aryl methyl sites for hydroxylation is 1. The second-order valence-corrected chi connectivity index (χ2v) is 5.08. The molecule has 6 nitrogen and oxygen atoms in total. The van der Waals surface area contributed by atoms with Crippen molar-refractivity contribution in [3.63, 3.8) is 0 Å². The molecule has 0 saturated carbocycles. The number of anilines is 1. The Hall–Kier alpha value is -2.63. The van der Waals surface area contributed by atoms with Crippen molar-refractivity contribution in [3.05, 3.63) is 47.8 Å². The SMILES string of the molecule is Cc1ccc(N2CCN(C(=O)c3ccn[nH]3)CC2=O)cc1. The van der Waals surface area contributed by atoms with Gasteiger partial charge in [-0.2, -0.15) is 5.10 Å². The van der Waals surface area contributed by atoms with Crippen molar-refractivity contribution in [2.75, 3.05) is 24.5 Å². The Morgan fingerprint density at radius 1 is 1.19 bits per heavy atom. The topological polar surface area (TPSA) is 69.3 Å². The maximum Gasteiger partial charge on any atom is 0.272 e. The van der Waals surface area contributed by atoms with E-state index in [-0.39, 0.29) is 18.4 Å². The van der Waals surface area contributed by atoms with Gasteiger partial charge in [-0.15, -0.1) is 0 Å². The predicted octanol–water partition coefficient (Wildman–Crippen LogP) is 1.21. The molecule has 0 bridgehead atoms. The van der Waals surface area contributed by atoms with E-state index in [9.17, 15) is 9.59 Å². The van der Waals surface area contributed by atoms with Gasteiger partial charge in [-0.3, -0.25) is 14.7 Å². The summed E-state index contributed by atoms with van der Waals surface area (Å²) in [6.45, 7) is 3.11. The van der Waals surface area contributed by atoms with Crippen LogP contribution in [0.4, 0.5) is 5.69 Å². The van der Waals surface area contributed by atoms with Crippen LogP contribution in [-0.4, -0.2) is 46.5 Å². The summed E-state index contributed by atoms with van der Waals surface area (Å²) in [4.78, 5) is 27.7. The van der Waals surface area contributed by atoms with Crippen LogP contribution >= 0.6 is 0 Å². The summed E-state index contributed by atoms with van der Waals surface area (Å²) in [5.74, 6) is -0.262. The van der Waals surface area contributed by atoms with Crippen molar-refractivity contribution in [3.8, 4) is 0 Å². The number of rotatable bonds is 2. The van der Waals surface area contributed by atoms with Crippen LogP contribution in [0.5, 0.6) is 0 Å². The minimum atomic E-state index is -0.190. The molecule has 6 heteroatoms. The number of carbonyl (C=O) groups is 2. The number of benzene rings is 1. The highest BCUT2D eigenvalue weighted by Gasteiger charge is 2.28. The zero-order valence-corrected chi connectivity index (χ0v) is 11.7. The minimum Gasteiger partial charge on any atom is -0.326 e. The second kappa shape index (κ2) is 5.40. The number of hydrogen-bond donors (Lipinski definition) is 1. The van der Waals surface area contributed by atoms with Crippen molar-refractivity contribution < 1.29 is 9.59 Å². The molecule has 2 amide bonds. The van der Waals surface area contributed by atoms with Crippen molar-refractivity contribution in [1.29, 1.82) is 0 Å². The Morgan fingerprint density at radius 2 is 1.95 bits per heavy atom. The van der Waals surface area contributed by atoms with Crippen LogP contribution in [0, 0.1) is 6.92 Å². The van der Waals surface area contributed by atoms with Gasteiger partial charge in [0.2, 0.25) is 5.91 Å². The molecule has 0 unspecified atom stereocenters. The minimum absolute atomic E-state index is 0.0713. The fourth-order valence-electron chi connectivity index (χ4n) is 2.39. The Balaban J connectivity index is 1.71. The molecule has 2 heterocycles. The van der Waals surface area contributed by atoms with Gasteiger partial charge in [-0.05, 0) is 25.1 Å². The molecule has 0 atom stereocenters. The van der Waals surface area contributed by atoms with Crippen LogP contribution in [0.3, 0.4) is 0 Å². The average Bonchev–Trinajstić information content (AvgIpc) is 3.02. The lowest BCUT2D eigenvalue weighted by molar-refractivity contribution is -0.120. The number of amides is 2. The van der Waals surface area contributed by atoms with E-state index in [1.165, 1.54) is 6.20 Å². The van der Waals surface area contributed by atoms with Crippen LogP contribution in [0.2, 0.25) is 0 Å². The highest BCUT2D eigenvalue weighted by Crippen LogP contribution is 2.18. The van der Waals surface area contributed by atoms with E-state index in [0.29, 0.717) is 18.8 Å². The fraction of sp³-hybridized carbons (Fsp3) is 0.267. The summed E-state index contributed by atoms with van der Waals surface area (Å²) in [6, 6.07) is 9.42. The van der Waals surface area contributed by atoms with Gasteiger partial charge < -0.3 is 9.80 Å². The van der Waals surface area contributed by atoms with E-state index in [1.807, 2.05) is 31.2 Å². The van der Waals surface area contributed by atoms with Gasteiger partial charge in [0.05, 0.1) is 0 Å². The molecule has 1 saturated heterocycles. The van der Waals surface area contributed by atoms with E-state index in [1.54, 1.807) is 15.9 Å². The van der Waals surface area contributed by atoms with E-state index >= 15 is 0 Å². The molecule has 0 aliphatic carbocycles. The van der Waals surface area contributed by atoms with Crippen molar-refractivity contribution >= 4 is 17.5 Å². The third kappa shape index (κ3) is 2.65. The van der Waals surface area contributed by atoms with Crippen LogP contribution < -0.4 is 4.90 Å². The quantitative estimate of drug-likeness (QED) is 0.901. The first-order valence-electron chi connectivity index (χ1n) is 6.81. The van der Waals surface area contributed by atoms with E-state index in [2.05, 4.69) is 10.2 Å². The number of piperazine rings is 1. The predicted molar refractivity (Wildman–Crippen MR) is 78.0 cm³/mol. The first-order chi connectivity index (χ1) is 10.1. The third-order valence-electron chi connectivity index (χ3n) is 3.58. The molecule has 1 fully saturated rings. The molecule has 1 aromatic heterocycles. The fourth-order valence-corrected chi connectivity index (χ4v) is 2.39. The molecule has 1 aromatic carbocycles. The monoisotopic (exact) mass is 284 g/mol. The van der Waals surface area contributed by atoms with Gasteiger partial charge in [-0.1, -0.05) is 17.7 Å². The molecular weight excluding hydrogens is 268 g/mol. The van der Waals surface area contributed by atoms with Crippen LogP contribution in [0.1, 0.15) is 16.1 Å². The molecule has 1 aliphatic heterocycles. The highest BCUT2D eigenvalue weighted by molar-refractivity contribution is 6.00. The first-order valence-corrected chi connectivity index (χ1v) is 6.81. The number of nitrogens with one attached hydrogen (secondary N) is 1. The Bertz CT molecular complexity index is 649. The second-order valence-electron chi connectivity index (χ2n) is 5.08. The third-order valence-corrected chi connectivity index (χ3v) is 3.58. The average molecular weight is 284 g/mol. The lowest BCUT2D eigenvalue weighted by atomic mass is 10.2. The van der Waals surface area contributed by atoms with Crippen molar-refractivity contribution in [2.24, 2.45) is 0 Å². The van der Waals surface area contributed by atoms with E-state index < -0.39 is 0 Å². The molecule has 1 aliphatic rings. The molecule has 1 N–H and O–H groups in total. The Labute approximate surface area is 122 Å². The molecule has 2 aromatic rings. The summed E-state index contributed by atoms with van der Waals surface area (Å²) in [5.41, 5.74) is 2.44. The molecule has 3 rings (SSSR count). The zero-order chi connectivity index (χ0) is 14.8. The van der Waals surface area contributed by atoms with Crippen LogP contribution in [0.15, 0.2) is 36.5 Å². The van der Waals surface area contributed by atoms with E-state index in [4.69, 9.17) is 0 Å². The largest absolute Gasteiger partial charge is 0.326 e. The summed E-state index contributed by atoms with van der Waals surface area (Å²) in [7, 11) is 0. The van der Waals surface area contributed by atoms with Gasteiger partial charge >= 0.3 is 0 Å². The maximum absolute atomic E-state index is 12.3. The van der Waals surface area contributed by atoms with Gasteiger partial charge in [-0.25, -0.2) is 0 Å². The molecule has 0 radical (unpaired) electrons. The Kier molecular flexibility index (Phi) is 3.43. The lowest BCUT2D eigenvalue weighted by Crippen LogP contribution is -2.52. The zero-order valence-electron chi connectivity index (χ0n) is 11.7. The number of nitrogens with zero attached hydrogens (tertiary/aromatic N) is 3. The smallest absolute Gasteiger partial charge is 0.272 e. The van der Waals surface area contributed by atoms with Crippen LogP contribution in [-0.2, 0) is 4.79 Å². The summed E-state index contributed by atoms with van der Waals surface area (Å²) >= 11 is 0. The van der Waals surface area contributed by atoms with Gasteiger partial charge in [0.1, 0.15) is 12.2 Å². The molecule has 21 heavy (non-hydrogen) atoms. The first kappa shape index (κ1) is 13.4. The van der Waals surface area contributed by atoms with Gasteiger partial charge in [0.25, 0.3) is 5.91 Å². The van der Waals surface area contributed by atoms with Crippen molar-refractivity contribution in [2.45, 2.75) is 6.92 Å².